The maximum absolute atomic E-state index is 12.5. The molecular weight excluding hydrogens is 350 g/mol. The summed E-state index contributed by atoms with van der Waals surface area (Å²) in [6.07, 6.45) is 0.660. The molecule has 1 aromatic heterocycles. The van der Waals surface area contributed by atoms with Gasteiger partial charge in [-0.15, -0.1) is 0 Å². The predicted octanol–water partition coefficient (Wildman–Crippen LogP) is 2.62. The summed E-state index contributed by atoms with van der Waals surface area (Å²) in [5, 5.41) is 21.7. The lowest BCUT2D eigenvalue weighted by molar-refractivity contribution is -0.139. The van der Waals surface area contributed by atoms with Gasteiger partial charge in [0.2, 0.25) is 0 Å². The molecule has 0 radical (unpaired) electrons. The number of carboxylic acid groups (broad SMARTS) is 1. The Morgan fingerprint density at radius 3 is 2.48 bits per heavy atom. The van der Waals surface area contributed by atoms with Gasteiger partial charge in [-0.25, -0.2) is 9.59 Å². The highest BCUT2D eigenvalue weighted by molar-refractivity contribution is 5.99. The van der Waals surface area contributed by atoms with Crippen molar-refractivity contribution in [3.8, 4) is 5.75 Å². The summed E-state index contributed by atoms with van der Waals surface area (Å²) in [6.45, 7) is 1.92. The molecule has 0 saturated heterocycles. The average molecular weight is 367 g/mol. The van der Waals surface area contributed by atoms with Gasteiger partial charge in [-0.1, -0.05) is 37.3 Å². The second kappa shape index (κ2) is 7.33. The highest BCUT2D eigenvalue weighted by atomic mass is 16.4. The van der Waals surface area contributed by atoms with Crippen molar-refractivity contribution in [1.29, 1.82) is 0 Å². The third-order valence-corrected chi connectivity index (χ3v) is 4.22. The number of carbonyl (C=O) groups is 2. The summed E-state index contributed by atoms with van der Waals surface area (Å²) in [5.41, 5.74) is 0.391. The summed E-state index contributed by atoms with van der Waals surface area (Å²) in [6, 6.07) is 10.7. The zero-order chi connectivity index (χ0) is 19.6. The zero-order valence-electron chi connectivity index (χ0n) is 14.4. The van der Waals surface area contributed by atoms with E-state index in [9.17, 15) is 24.6 Å². The SMILES string of the molecule is CCc1cccc2cc(C(=O)NC(C(=O)O)c3ccc(O)cc3)c(=O)oc12. The lowest BCUT2D eigenvalue weighted by atomic mass is 10.1. The van der Waals surface area contributed by atoms with E-state index >= 15 is 0 Å². The molecule has 138 valence electrons. The fraction of sp³-hybridized carbons (Fsp3) is 0.150. The number of carboxylic acids is 1. The standard InChI is InChI=1S/C20H17NO6/c1-2-11-4-3-5-13-10-15(20(26)27-17(11)13)18(23)21-16(19(24)25)12-6-8-14(22)9-7-12/h3-10,16,22H,2H2,1H3,(H,21,23)(H,24,25). The van der Waals surface area contributed by atoms with Gasteiger partial charge in [0.25, 0.3) is 5.91 Å². The van der Waals surface area contributed by atoms with Crippen LogP contribution in [0.5, 0.6) is 5.75 Å². The Morgan fingerprint density at radius 2 is 1.85 bits per heavy atom. The number of fused-ring (bicyclic) bond motifs is 1. The molecule has 7 heteroatoms. The number of aromatic hydroxyl groups is 1. The molecule has 0 fully saturated rings. The van der Waals surface area contributed by atoms with Crippen LogP contribution >= 0.6 is 0 Å². The molecule has 1 atom stereocenters. The van der Waals surface area contributed by atoms with Gasteiger partial charge in [0.1, 0.15) is 16.9 Å². The maximum Gasteiger partial charge on any atom is 0.349 e. The molecular formula is C20H17NO6. The quantitative estimate of drug-likeness (QED) is 0.597. The molecule has 0 aliphatic carbocycles. The van der Waals surface area contributed by atoms with Crippen molar-refractivity contribution < 1.29 is 24.2 Å². The van der Waals surface area contributed by atoms with E-state index in [2.05, 4.69) is 5.32 Å². The van der Waals surface area contributed by atoms with E-state index in [1.165, 1.54) is 30.3 Å². The molecule has 0 spiro atoms. The van der Waals surface area contributed by atoms with Crippen molar-refractivity contribution in [2.75, 3.05) is 0 Å². The van der Waals surface area contributed by atoms with E-state index < -0.39 is 23.5 Å². The number of rotatable bonds is 5. The Balaban J connectivity index is 1.97. The van der Waals surface area contributed by atoms with Crippen molar-refractivity contribution in [2.45, 2.75) is 19.4 Å². The highest BCUT2D eigenvalue weighted by Gasteiger charge is 2.25. The Morgan fingerprint density at radius 1 is 1.15 bits per heavy atom. The number of benzene rings is 2. The first kappa shape index (κ1) is 18.2. The molecule has 1 heterocycles. The van der Waals surface area contributed by atoms with Crippen molar-refractivity contribution in [2.24, 2.45) is 0 Å². The van der Waals surface area contributed by atoms with Crippen LogP contribution in [0.4, 0.5) is 0 Å². The lowest BCUT2D eigenvalue weighted by Crippen LogP contribution is -2.36. The molecule has 3 N–H and O–H groups in total. The van der Waals surface area contributed by atoms with Crippen molar-refractivity contribution in [1.82, 2.24) is 5.32 Å². The molecule has 27 heavy (non-hydrogen) atoms. The predicted molar refractivity (Wildman–Crippen MR) is 97.8 cm³/mol. The Kier molecular flexibility index (Phi) is 4.94. The number of phenolic OH excluding ortho intramolecular Hbond substituents is 1. The Labute approximate surface area is 153 Å². The van der Waals surface area contributed by atoms with E-state index in [0.29, 0.717) is 17.4 Å². The summed E-state index contributed by atoms with van der Waals surface area (Å²) in [7, 11) is 0. The summed E-state index contributed by atoms with van der Waals surface area (Å²) in [5.74, 6) is -2.18. The van der Waals surface area contributed by atoms with E-state index in [4.69, 9.17) is 4.42 Å². The minimum atomic E-state index is -1.38. The largest absolute Gasteiger partial charge is 0.508 e. The molecule has 0 bridgehead atoms. The number of phenols is 1. The lowest BCUT2D eigenvalue weighted by Gasteiger charge is -2.15. The first-order chi connectivity index (χ1) is 12.9. The number of para-hydroxylation sites is 1. The number of hydrogen-bond acceptors (Lipinski definition) is 5. The molecule has 3 rings (SSSR count). The number of carbonyl (C=O) groups excluding carboxylic acids is 1. The van der Waals surface area contributed by atoms with Gasteiger partial charge >= 0.3 is 11.6 Å². The summed E-state index contributed by atoms with van der Waals surface area (Å²) < 4.78 is 5.30. The third-order valence-electron chi connectivity index (χ3n) is 4.22. The summed E-state index contributed by atoms with van der Waals surface area (Å²) in [4.78, 5) is 36.4. The van der Waals surface area contributed by atoms with Gasteiger partial charge in [0.15, 0.2) is 6.04 Å². The molecule has 0 aliphatic heterocycles. The second-order valence-electron chi connectivity index (χ2n) is 5.97. The van der Waals surface area contributed by atoms with E-state index in [-0.39, 0.29) is 16.9 Å². The molecule has 3 aromatic rings. The average Bonchev–Trinajstić information content (AvgIpc) is 2.65. The van der Waals surface area contributed by atoms with Crippen LogP contribution in [0.3, 0.4) is 0 Å². The van der Waals surface area contributed by atoms with Crippen LogP contribution in [0.1, 0.15) is 34.5 Å². The van der Waals surface area contributed by atoms with Gasteiger partial charge in [-0.05, 0) is 35.7 Å². The van der Waals surface area contributed by atoms with Gasteiger partial charge in [0.05, 0.1) is 0 Å². The van der Waals surface area contributed by atoms with Crippen molar-refractivity contribution in [3.63, 3.8) is 0 Å². The number of nitrogens with one attached hydrogen (secondary N) is 1. The summed E-state index contributed by atoms with van der Waals surface area (Å²) >= 11 is 0. The first-order valence-electron chi connectivity index (χ1n) is 8.29. The van der Waals surface area contributed by atoms with E-state index in [0.717, 1.165) is 5.56 Å². The highest BCUT2D eigenvalue weighted by Crippen LogP contribution is 2.20. The van der Waals surface area contributed by atoms with Crippen LogP contribution in [0, 0.1) is 0 Å². The monoisotopic (exact) mass is 367 g/mol. The van der Waals surface area contributed by atoms with Crippen LogP contribution in [-0.2, 0) is 11.2 Å². The zero-order valence-corrected chi connectivity index (χ0v) is 14.4. The van der Waals surface area contributed by atoms with Gasteiger partial charge in [0, 0.05) is 5.39 Å². The number of amides is 1. The minimum Gasteiger partial charge on any atom is -0.508 e. The Bertz CT molecular complexity index is 1070. The minimum absolute atomic E-state index is 0.0314. The van der Waals surface area contributed by atoms with Crippen LogP contribution < -0.4 is 10.9 Å². The maximum atomic E-state index is 12.5. The Hall–Kier alpha value is -3.61. The third kappa shape index (κ3) is 3.67. The smallest absolute Gasteiger partial charge is 0.349 e. The van der Waals surface area contributed by atoms with Crippen LogP contribution in [0.15, 0.2) is 57.7 Å². The second-order valence-corrected chi connectivity index (χ2v) is 5.97. The number of aliphatic carboxylic acids is 1. The van der Waals surface area contributed by atoms with E-state index in [1.54, 1.807) is 12.1 Å². The normalized spacial score (nSPS) is 11.9. The fourth-order valence-electron chi connectivity index (χ4n) is 2.80. The fourth-order valence-corrected chi connectivity index (χ4v) is 2.80. The van der Waals surface area contributed by atoms with Gasteiger partial charge in [-0.2, -0.15) is 0 Å². The van der Waals surface area contributed by atoms with E-state index in [1.807, 2.05) is 13.0 Å². The number of aryl methyl sites for hydroxylation is 1. The molecule has 7 nitrogen and oxygen atoms in total. The first-order valence-corrected chi connectivity index (χ1v) is 8.29. The molecule has 2 aromatic carbocycles. The van der Waals surface area contributed by atoms with Gasteiger partial charge in [-0.3, -0.25) is 4.79 Å². The topological polar surface area (TPSA) is 117 Å². The van der Waals surface area contributed by atoms with Crippen LogP contribution in [-0.4, -0.2) is 22.1 Å². The molecule has 1 amide bonds. The van der Waals surface area contributed by atoms with Crippen LogP contribution in [0.25, 0.3) is 11.0 Å². The van der Waals surface area contributed by atoms with Crippen molar-refractivity contribution in [3.05, 3.63) is 75.6 Å². The molecule has 0 saturated carbocycles. The molecule has 1 unspecified atom stereocenters. The molecule has 0 aliphatic rings. The van der Waals surface area contributed by atoms with Crippen LogP contribution in [0.2, 0.25) is 0 Å². The number of hydrogen-bond donors (Lipinski definition) is 3. The van der Waals surface area contributed by atoms with Gasteiger partial charge < -0.3 is 19.9 Å². The van der Waals surface area contributed by atoms with Crippen molar-refractivity contribution >= 4 is 22.8 Å².